The second-order valence-electron chi connectivity index (χ2n) is 8.96. The van der Waals surface area contributed by atoms with E-state index in [-0.39, 0.29) is 13.0 Å². The third-order valence-electron chi connectivity index (χ3n) is 6.43. The molecule has 2 saturated heterocycles. The van der Waals surface area contributed by atoms with E-state index in [1.807, 2.05) is 6.08 Å². The highest BCUT2D eigenvalue weighted by Gasteiger charge is 2.51. The zero-order valence-electron chi connectivity index (χ0n) is 19.2. The van der Waals surface area contributed by atoms with E-state index in [2.05, 4.69) is 5.32 Å². The van der Waals surface area contributed by atoms with Crippen LogP contribution in [0, 0.1) is 0 Å². The molecule has 12 nitrogen and oxygen atoms in total. The van der Waals surface area contributed by atoms with E-state index in [4.69, 9.17) is 14.6 Å². The molecule has 0 radical (unpaired) electrons. The Kier molecular flexibility index (Phi) is 12.8. The van der Waals surface area contributed by atoms with Gasteiger partial charge in [0.25, 0.3) is 0 Å². The first-order valence-corrected chi connectivity index (χ1v) is 11.9. The van der Waals surface area contributed by atoms with Gasteiger partial charge >= 0.3 is 0 Å². The van der Waals surface area contributed by atoms with Crippen LogP contribution in [-0.4, -0.2) is 133 Å². The Morgan fingerprint density at radius 1 is 0.824 bits per heavy atom. The molecule has 0 aromatic heterocycles. The summed E-state index contributed by atoms with van der Waals surface area (Å²) in [5, 5.41) is 92.4. The van der Waals surface area contributed by atoms with Gasteiger partial charge < -0.3 is 60.7 Å². The lowest BCUT2D eigenvalue weighted by atomic mass is 9.96. The van der Waals surface area contributed by atoms with E-state index in [0.29, 0.717) is 0 Å². The molecule has 11 atom stereocenters. The lowest BCUT2D eigenvalue weighted by molar-refractivity contribution is -0.318. The van der Waals surface area contributed by atoms with Crippen LogP contribution in [0.25, 0.3) is 0 Å². The zero-order chi connectivity index (χ0) is 25.3. The molecular formula is C22H41NO11. The number of aliphatic hydroxyl groups is 9. The monoisotopic (exact) mass is 495 g/mol. The van der Waals surface area contributed by atoms with Crippen molar-refractivity contribution in [2.75, 3.05) is 19.8 Å². The van der Waals surface area contributed by atoms with Crippen molar-refractivity contribution in [1.29, 1.82) is 0 Å². The maximum absolute atomic E-state index is 10.7. The molecule has 200 valence electrons. The molecule has 0 bridgehead atoms. The molecule has 2 heterocycles. The summed E-state index contributed by atoms with van der Waals surface area (Å²) in [5.74, 6) is 0. The van der Waals surface area contributed by atoms with Gasteiger partial charge in [0, 0.05) is 6.61 Å². The van der Waals surface area contributed by atoms with E-state index in [1.54, 1.807) is 6.08 Å². The summed E-state index contributed by atoms with van der Waals surface area (Å²) >= 11 is 0. The van der Waals surface area contributed by atoms with Gasteiger partial charge in [0.2, 0.25) is 0 Å². The minimum absolute atomic E-state index is 0.128. The standard InChI is InChI=1S/C22H41NO11/c24-9-7-5-3-1-2-4-6-8-13(27)17(29)15-21(16(28)12(10-25)23-15)34-22-20(32)19(31)18(30)14(11-26)33-22/h4,6,12-32H,1-3,5,7-11H2/t12-,13+,14+,15-,16+,17-,18+,19-,20+,21-,22+/m0/s1. The summed E-state index contributed by atoms with van der Waals surface area (Å²) in [5.41, 5.74) is 0. The number of ether oxygens (including phenoxy) is 2. The predicted octanol–water partition coefficient (Wildman–Crippen LogP) is -3.52. The van der Waals surface area contributed by atoms with E-state index < -0.39 is 80.4 Å². The maximum atomic E-state index is 10.7. The first kappa shape index (κ1) is 29.5. The van der Waals surface area contributed by atoms with Crippen LogP contribution in [0.5, 0.6) is 0 Å². The maximum Gasteiger partial charge on any atom is 0.187 e. The summed E-state index contributed by atoms with van der Waals surface area (Å²) in [6.45, 7) is -0.971. The zero-order valence-corrected chi connectivity index (χ0v) is 19.2. The van der Waals surface area contributed by atoms with Crippen molar-refractivity contribution < 1.29 is 55.4 Å². The van der Waals surface area contributed by atoms with Crippen LogP contribution in [-0.2, 0) is 9.47 Å². The van der Waals surface area contributed by atoms with Gasteiger partial charge in [0.1, 0.15) is 30.5 Å². The molecule has 0 unspecified atom stereocenters. The van der Waals surface area contributed by atoms with Gasteiger partial charge in [-0.1, -0.05) is 25.0 Å². The largest absolute Gasteiger partial charge is 0.396 e. The average Bonchev–Trinajstić information content (AvgIpc) is 3.15. The second-order valence-corrected chi connectivity index (χ2v) is 8.96. The molecular weight excluding hydrogens is 454 g/mol. The Labute approximate surface area is 199 Å². The number of hydrogen-bond acceptors (Lipinski definition) is 12. The quantitative estimate of drug-likeness (QED) is 0.0839. The van der Waals surface area contributed by atoms with Crippen molar-refractivity contribution in [1.82, 2.24) is 5.32 Å². The molecule has 0 spiro atoms. The number of allylic oxidation sites excluding steroid dienone is 1. The van der Waals surface area contributed by atoms with Crippen molar-refractivity contribution in [2.24, 2.45) is 0 Å². The number of nitrogens with one attached hydrogen (secondary N) is 1. The third kappa shape index (κ3) is 7.63. The molecule has 0 aromatic carbocycles. The molecule has 10 N–H and O–H groups in total. The van der Waals surface area contributed by atoms with Crippen molar-refractivity contribution >= 4 is 0 Å². The Bertz CT molecular complexity index is 595. The lowest BCUT2D eigenvalue weighted by Crippen LogP contribution is -2.61. The first-order valence-electron chi connectivity index (χ1n) is 11.9. The predicted molar refractivity (Wildman–Crippen MR) is 118 cm³/mol. The van der Waals surface area contributed by atoms with E-state index in [1.165, 1.54) is 0 Å². The topological polar surface area (TPSA) is 213 Å². The summed E-state index contributed by atoms with van der Waals surface area (Å²) < 4.78 is 11.0. The van der Waals surface area contributed by atoms with Crippen LogP contribution in [0.4, 0.5) is 0 Å². The molecule has 34 heavy (non-hydrogen) atoms. The molecule has 0 saturated carbocycles. The smallest absolute Gasteiger partial charge is 0.187 e. The van der Waals surface area contributed by atoms with Gasteiger partial charge in [-0.3, -0.25) is 0 Å². The number of rotatable bonds is 14. The third-order valence-corrected chi connectivity index (χ3v) is 6.43. The Morgan fingerprint density at radius 3 is 2.18 bits per heavy atom. The molecule has 0 aromatic rings. The van der Waals surface area contributed by atoms with Gasteiger partial charge in [-0.05, 0) is 25.7 Å². The van der Waals surface area contributed by atoms with Crippen LogP contribution in [0.1, 0.15) is 38.5 Å². The van der Waals surface area contributed by atoms with Gasteiger partial charge in [-0.25, -0.2) is 0 Å². The van der Waals surface area contributed by atoms with E-state index >= 15 is 0 Å². The van der Waals surface area contributed by atoms with Crippen molar-refractivity contribution in [2.45, 2.75) is 106 Å². The van der Waals surface area contributed by atoms with Crippen molar-refractivity contribution in [3.63, 3.8) is 0 Å². The summed E-state index contributed by atoms with van der Waals surface area (Å²) in [7, 11) is 0. The fourth-order valence-corrected chi connectivity index (χ4v) is 4.30. The summed E-state index contributed by atoms with van der Waals surface area (Å²) in [4.78, 5) is 0. The van der Waals surface area contributed by atoms with Crippen LogP contribution in [0.15, 0.2) is 12.2 Å². The summed E-state index contributed by atoms with van der Waals surface area (Å²) in [6, 6.07) is -1.95. The minimum Gasteiger partial charge on any atom is -0.396 e. The average molecular weight is 496 g/mol. The number of hydrogen-bond donors (Lipinski definition) is 10. The molecule has 2 aliphatic heterocycles. The fourth-order valence-electron chi connectivity index (χ4n) is 4.30. The van der Waals surface area contributed by atoms with Gasteiger partial charge in [0.15, 0.2) is 6.29 Å². The van der Waals surface area contributed by atoms with Crippen LogP contribution in [0.2, 0.25) is 0 Å². The fraction of sp³-hybridized carbons (Fsp3) is 0.909. The van der Waals surface area contributed by atoms with E-state index in [0.717, 1.165) is 32.1 Å². The van der Waals surface area contributed by atoms with Crippen molar-refractivity contribution in [3.05, 3.63) is 12.2 Å². The van der Waals surface area contributed by atoms with Crippen molar-refractivity contribution in [3.8, 4) is 0 Å². The number of unbranched alkanes of at least 4 members (excludes halogenated alkanes) is 4. The van der Waals surface area contributed by atoms with Crippen LogP contribution < -0.4 is 5.32 Å². The molecule has 12 heteroatoms. The highest BCUT2D eigenvalue weighted by molar-refractivity contribution is 5.05. The summed E-state index contributed by atoms with van der Waals surface area (Å²) in [6.07, 6.45) is -4.78. The lowest BCUT2D eigenvalue weighted by Gasteiger charge is -2.41. The Balaban J connectivity index is 1.97. The molecule has 2 aliphatic rings. The number of aliphatic hydroxyl groups excluding tert-OH is 9. The SMILES string of the molecule is OCCCCCCC=CC[C@@H](O)[C@H](O)[C@@H]1N[C@@H](CO)[C@@H](O)[C@H]1O[C@H]1O[C@H](CO)[C@@H](O)[C@H](O)[C@H]1O. The minimum atomic E-state index is -1.71. The highest BCUT2D eigenvalue weighted by Crippen LogP contribution is 2.29. The highest BCUT2D eigenvalue weighted by atomic mass is 16.7. The normalized spacial score (nSPS) is 38.4. The van der Waals surface area contributed by atoms with Gasteiger partial charge in [-0.2, -0.15) is 0 Å². The van der Waals surface area contributed by atoms with Crippen LogP contribution >= 0.6 is 0 Å². The molecule has 0 amide bonds. The van der Waals surface area contributed by atoms with E-state index in [9.17, 15) is 40.9 Å². The molecule has 0 aliphatic carbocycles. The van der Waals surface area contributed by atoms with Crippen LogP contribution in [0.3, 0.4) is 0 Å². The Morgan fingerprint density at radius 2 is 1.53 bits per heavy atom. The molecule has 2 rings (SSSR count). The second kappa shape index (κ2) is 14.7. The Hall–Kier alpha value is -0.740. The van der Waals surface area contributed by atoms with Gasteiger partial charge in [-0.15, -0.1) is 0 Å². The van der Waals surface area contributed by atoms with Gasteiger partial charge in [0.05, 0.1) is 43.6 Å². The molecule has 2 fully saturated rings. The first-order chi connectivity index (χ1) is 16.3.